The van der Waals surface area contributed by atoms with Gasteiger partial charge in [-0.15, -0.1) is 11.3 Å². The topological polar surface area (TPSA) is 45.2 Å². The van der Waals surface area contributed by atoms with Crippen molar-refractivity contribution in [2.24, 2.45) is 0 Å². The average molecular weight is 267 g/mol. The minimum absolute atomic E-state index is 0.0505. The molecule has 100 valence electrons. The largest absolute Gasteiger partial charge is 0.330 e. The Morgan fingerprint density at radius 3 is 3.00 bits per heavy atom. The van der Waals surface area contributed by atoms with Gasteiger partial charge in [-0.1, -0.05) is 0 Å². The molecule has 0 bridgehead atoms. The lowest BCUT2D eigenvalue weighted by atomic mass is 9.97. The summed E-state index contributed by atoms with van der Waals surface area (Å²) < 4.78 is 0. The molecular formula is C13H21N3OS. The summed E-state index contributed by atoms with van der Waals surface area (Å²) in [5.74, 6) is 0.202. The maximum Gasteiger partial charge on any atom is 0.240 e. The number of hydrogen-bond donors (Lipinski definition) is 1. The van der Waals surface area contributed by atoms with Gasteiger partial charge in [-0.2, -0.15) is 0 Å². The van der Waals surface area contributed by atoms with Crippen molar-refractivity contribution in [2.75, 3.05) is 7.05 Å². The highest BCUT2D eigenvalue weighted by Gasteiger charge is 2.37. The number of carbonyl (C=O) groups excluding carboxylic acids is 1. The second-order valence-corrected chi connectivity index (χ2v) is 6.17. The van der Waals surface area contributed by atoms with Gasteiger partial charge in [-0.25, -0.2) is 4.98 Å². The van der Waals surface area contributed by atoms with Gasteiger partial charge in [0.25, 0.3) is 0 Å². The Morgan fingerprint density at radius 2 is 2.39 bits per heavy atom. The molecule has 0 spiro atoms. The van der Waals surface area contributed by atoms with E-state index < -0.39 is 0 Å². The number of likely N-dealkylation sites (tertiary alicyclic amines) is 1. The minimum Gasteiger partial charge on any atom is -0.330 e. The molecule has 18 heavy (non-hydrogen) atoms. The first-order valence-corrected chi connectivity index (χ1v) is 7.34. The summed E-state index contributed by atoms with van der Waals surface area (Å²) in [6.45, 7) is 4.91. The van der Waals surface area contributed by atoms with Crippen molar-refractivity contribution >= 4 is 17.2 Å². The molecule has 1 aliphatic heterocycles. The smallest absolute Gasteiger partial charge is 0.240 e. The summed E-state index contributed by atoms with van der Waals surface area (Å²) in [6.07, 6.45) is 3.05. The molecule has 0 radical (unpaired) electrons. The van der Waals surface area contributed by atoms with E-state index in [1.807, 2.05) is 22.8 Å². The Hall–Kier alpha value is -0.940. The molecule has 2 heterocycles. The normalized spacial score (nSPS) is 24.1. The van der Waals surface area contributed by atoms with Crippen molar-refractivity contribution < 1.29 is 4.79 Å². The van der Waals surface area contributed by atoms with Crippen molar-refractivity contribution in [3.05, 3.63) is 16.6 Å². The van der Waals surface area contributed by atoms with Crippen LogP contribution in [0.4, 0.5) is 0 Å². The van der Waals surface area contributed by atoms with Gasteiger partial charge in [0.15, 0.2) is 0 Å². The van der Waals surface area contributed by atoms with E-state index in [1.54, 1.807) is 11.3 Å². The fourth-order valence-corrected chi connectivity index (χ4v) is 3.07. The molecule has 1 unspecified atom stereocenters. The number of hydrogen-bond acceptors (Lipinski definition) is 4. The van der Waals surface area contributed by atoms with E-state index in [0.29, 0.717) is 6.54 Å². The van der Waals surface area contributed by atoms with Gasteiger partial charge < -0.3 is 10.2 Å². The number of amides is 1. The second kappa shape index (κ2) is 5.36. The van der Waals surface area contributed by atoms with E-state index in [1.165, 1.54) is 0 Å². The monoisotopic (exact) mass is 267 g/mol. The van der Waals surface area contributed by atoms with Crippen LogP contribution in [0.3, 0.4) is 0 Å². The molecule has 1 amide bonds. The first-order chi connectivity index (χ1) is 8.54. The molecule has 1 saturated heterocycles. The number of nitrogens with one attached hydrogen (secondary N) is 1. The Balaban J connectivity index is 2.22. The van der Waals surface area contributed by atoms with Crippen LogP contribution in [0.5, 0.6) is 0 Å². The number of aromatic nitrogens is 1. The summed E-state index contributed by atoms with van der Waals surface area (Å²) in [5.41, 5.74) is 2.71. The summed E-state index contributed by atoms with van der Waals surface area (Å²) in [4.78, 5) is 18.8. The predicted molar refractivity (Wildman–Crippen MR) is 73.4 cm³/mol. The summed E-state index contributed by atoms with van der Waals surface area (Å²) in [6, 6.07) is -0.0505. The Bertz CT molecular complexity index is 402. The molecule has 1 fully saturated rings. The lowest BCUT2D eigenvalue weighted by Crippen LogP contribution is -2.51. The zero-order chi connectivity index (χ0) is 13.2. The van der Waals surface area contributed by atoms with Crippen LogP contribution < -0.4 is 5.32 Å². The minimum atomic E-state index is -0.0910. The first-order valence-electron chi connectivity index (χ1n) is 6.40. The van der Waals surface area contributed by atoms with Crippen LogP contribution in [0.2, 0.25) is 0 Å². The molecule has 1 aromatic heterocycles. The maximum absolute atomic E-state index is 12.6. The van der Waals surface area contributed by atoms with Crippen molar-refractivity contribution in [1.82, 2.24) is 15.2 Å². The molecule has 1 aliphatic rings. The number of thiazole rings is 1. The molecule has 0 saturated carbocycles. The van der Waals surface area contributed by atoms with E-state index in [0.717, 1.165) is 25.0 Å². The van der Waals surface area contributed by atoms with E-state index in [-0.39, 0.29) is 17.5 Å². The van der Waals surface area contributed by atoms with E-state index in [2.05, 4.69) is 24.1 Å². The standard InChI is InChI=1S/C13H21N3OS/c1-13(2)6-4-5-11(14-3)12(17)16(13)7-10-8-18-9-15-10/h8-9,11,14H,4-7H2,1-3H3. The molecule has 0 aromatic carbocycles. The molecule has 1 aromatic rings. The van der Waals surface area contributed by atoms with Crippen LogP contribution in [0.25, 0.3) is 0 Å². The van der Waals surface area contributed by atoms with Crippen molar-refractivity contribution in [3.63, 3.8) is 0 Å². The SMILES string of the molecule is CNC1CCCC(C)(C)N(Cc2cscn2)C1=O. The number of nitrogens with zero attached hydrogens (tertiary/aromatic N) is 2. The second-order valence-electron chi connectivity index (χ2n) is 5.45. The van der Waals surface area contributed by atoms with Crippen molar-refractivity contribution in [2.45, 2.75) is 51.2 Å². The quantitative estimate of drug-likeness (QED) is 0.911. The van der Waals surface area contributed by atoms with Crippen LogP contribution in [0.1, 0.15) is 38.8 Å². The third kappa shape index (κ3) is 2.72. The fourth-order valence-electron chi connectivity index (χ4n) is 2.52. The summed E-state index contributed by atoms with van der Waals surface area (Å²) >= 11 is 1.58. The number of rotatable bonds is 3. The van der Waals surface area contributed by atoms with Crippen LogP contribution >= 0.6 is 11.3 Å². The van der Waals surface area contributed by atoms with Gasteiger partial charge in [-0.3, -0.25) is 4.79 Å². The third-order valence-electron chi connectivity index (χ3n) is 3.73. The van der Waals surface area contributed by atoms with Crippen LogP contribution in [0.15, 0.2) is 10.9 Å². The zero-order valence-electron chi connectivity index (χ0n) is 11.3. The van der Waals surface area contributed by atoms with Gasteiger partial charge in [-0.05, 0) is 40.2 Å². The molecule has 2 rings (SSSR count). The molecule has 5 heteroatoms. The summed E-state index contributed by atoms with van der Waals surface area (Å²) in [7, 11) is 1.86. The Kier molecular flexibility index (Phi) is 4.02. The van der Waals surface area contributed by atoms with Crippen LogP contribution in [-0.4, -0.2) is 34.4 Å². The highest BCUT2D eigenvalue weighted by molar-refractivity contribution is 7.07. The first kappa shape index (κ1) is 13.5. The van der Waals surface area contributed by atoms with Crippen LogP contribution in [-0.2, 0) is 11.3 Å². The highest BCUT2D eigenvalue weighted by atomic mass is 32.1. The van der Waals surface area contributed by atoms with Gasteiger partial charge in [0.1, 0.15) is 0 Å². The van der Waals surface area contributed by atoms with Crippen molar-refractivity contribution in [1.29, 1.82) is 0 Å². The van der Waals surface area contributed by atoms with Gasteiger partial charge >= 0.3 is 0 Å². The fraction of sp³-hybridized carbons (Fsp3) is 0.692. The molecule has 4 nitrogen and oxygen atoms in total. The van der Waals surface area contributed by atoms with Crippen molar-refractivity contribution in [3.8, 4) is 0 Å². The highest BCUT2D eigenvalue weighted by Crippen LogP contribution is 2.29. The lowest BCUT2D eigenvalue weighted by Gasteiger charge is -2.37. The lowest BCUT2D eigenvalue weighted by molar-refractivity contribution is -0.138. The number of likely N-dealkylation sites (N-methyl/N-ethyl adjacent to an activating group) is 1. The van der Waals surface area contributed by atoms with E-state index in [9.17, 15) is 4.79 Å². The van der Waals surface area contributed by atoms with E-state index >= 15 is 0 Å². The van der Waals surface area contributed by atoms with Gasteiger partial charge in [0, 0.05) is 10.9 Å². The Labute approximate surface area is 112 Å². The number of carbonyl (C=O) groups is 1. The Morgan fingerprint density at radius 1 is 1.61 bits per heavy atom. The maximum atomic E-state index is 12.6. The molecule has 1 N–H and O–H groups in total. The summed E-state index contributed by atoms with van der Waals surface area (Å²) in [5, 5.41) is 5.15. The molecular weight excluding hydrogens is 246 g/mol. The average Bonchev–Trinajstić information content (AvgIpc) is 2.80. The van der Waals surface area contributed by atoms with E-state index in [4.69, 9.17) is 0 Å². The van der Waals surface area contributed by atoms with Crippen LogP contribution in [0, 0.1) is 0 Å². The van der Waals surface area contributed by atoms with Gasteiger partial charge in [0.05, 0.1) is 23.8 Å². The van der Waals surface area contributed by atoms with Gasteiger partial charge in [0.2, 0.25) is 5.91 Å². The third-order valence-corrected chi connectivity index (χ3v) is 4.36. The predicted octanol–water partition coefficient (Wildman–Crippen LogP) is 2.02. The zero-order valence-corrected chi connectivity index (χ0v) is 12.1. The molecule has 1 atom stereocenters. The molecule has 0 aliphatic carbocycles.